The summed E-state index contributed by atoms with van der Waals surface area (Å²) in [6, 6.07) is 1.24. The molecule has 5 rings (SSSR count). The Kier molecular flexibility index (Phi) is 7.91. The predicted octanol–water partition coefficient (Wildman–Crippen LogP) is 4.26. The highest BCUT2D eigenvalue weighted by Crippen LogP contribution is 2.40. The minimum atomic E-state index is -0.112. The van der Waals surface area contributed by atoms with Crippen LogP contribution in [0, 0.1) is 5.92 Å². The molecule has 0 spiro atoms. The number of amides is 1. The molecule has 0 radical (unpaired) electrons. The fourth-order valence-corrected chi connectivity index (χ4v) is 6.73. The van der Waals surface area contributed by atoms with Gasteiger partial charge in [0.15, 0.2) is 0 Å². The number of rotatable bonds is 7. The van der Waals surface area contributed by atoms with Crippen LogP contribution in [-0.2, 0) is 4.79 Å². The highest BCUT2D eigenvalue weighted by molar-refractivity contribution is 5.80. The zero-order valence-corrected chi connectivity index (χ0v) is 21.1. The molecule has 0 aromatic heterocycles. The van der Waals surface area contributed by atoms with Gasteiger partial charge >= 0.3 is 0 Å². The summed E-state index contributed by atoms with van der Waals surface area (Å²) >= 11 is 0. The third-order valence-electron chi connectivity index (χ3n) is 8.49. The first-order valence-corrected chi connectivity index (χ1v) is 13.8. The third-order valence-corrected chi connectivity index (χ3v) is 8.49. The molecule has 3 aliphatic heterocycles. The number of nitrogens with zero attached hydrogens (tertiary/aromatic N) is 3. The molecule has 0 aromatic carbocycles. The lowest BCUT2D eigenvalue weighted by Crippen LogP contribution is -2.48. The molecule has 190 valence electrons. The number of nitrogens with one attached hydrogen (secondary N) is 1. The number of aliphatic hydroxyl groups is 1. The van der Waals surface area contributed by atoms with Crippen LogP contribution in [0.15, 0.2) is 59.9 Å². The van der Waals surface area contributed by atoms with Crippen molar-refractivity contribution in [2.75, 3.05) is 32.7 Å². The van der Waals surface area contributed by atoms with Crippen molar-refractivity contribution in [3.63, 3.8) is 0 Å². The molecule has 4 unspecified atom stereocenters. The maximum absolute atomic E-state index is 12.9. The van der Waals surface area contributed by atoms with Gasteiger partial charge in [-0.3, -0.25) is 20.0 Å². The summed E-state index contributed by atoms with van der Waals surface area (Å²) in [7, 11) is 0. The molecule has 2 N–H and O–H groups in total. The van der Waals surface area contributed by atoms with Gasteiger partial charge in [-0.25, -0.2) is 5.01 Å². The Morgan fingerprint density at radius 2 is 1.97 bits per heavy atom. The Hall–Kier alpha value is -2.15. The van der Waals surface area contributed by atoms with Crippen LogP contribution in [0.2, 0.25) is 0 Å². The van der Waals surface area contributed by atoms with Crippen molar-refractivity contribution in [1.29, 1.82) is 0 Å². The third kappa shape index (κ3) is 5.65. The number of carbonyl (C=O) groups excluding carboxylic acids is 1. The molecule has 3 fully saturated rings. The average Bonchev–Trinajstić information content (AvgIpc) is 3.16. The Balaban J connectivity index is 1.35. The lowest BCUT2D eigenvalue weighted by molar-refractivity contribution is -0.128. The Bertz CT molecular complexity index is 914. The van der Waals surface area contributed by atoms with Crippen LogP contribution in [0.5, 0.6) is 0 Å². The number of hydrazine groups is 1. The van der Waals surface area contributed by atoms with Crippen molar-refractivity contribution in [1.82, 2.24) is 20.2 Å². The smallest absolute Gasteiger partial charge is 0.241 e. The van der Waals surface area contributed by atoms with E-state index in [1.165, 1.54) is 36.8 Å². The topological polar surface area (TPSA) is 59.0 Å². The van der Waals surface area contributed by atoms with E-state index < -0.39 is 0 Å². The number of hydrogen-bond acceptors (Lipinski definition) is 5. The molecule has 6 heteroatoms. The maximum Gasteiger partial charge on any atom is 0.241 e. The van der Waals surface area contributed by atoms with E-state index in [-0.39, 0.29) is 17.9 Å². The van der Waals surface area contributed by atoms with Crippen molar-refractivity contribution >= 4 is 5.91 Å². The second-order valence-corrected chi connectivity index (χ2v) is 10.9. The van der Waals surface area contributed by atoms with Crippen LogP contribution in [-0.4, -0.2) is 76.7 Å². The second kappa shape index (κ2) is 11.3. The van der Waals surface area contributed by atoms with Crippen LogP contribution < -0.4 is 5.43 Å². The van der Waals surface area contributed by atoms with E-state index in [2.05, 4.69) is 45.0 Å². The van der Waals surface area contributed by atoms with Crippen molar-refractivity contribution in [3.05, 3.63) is 59.9 Å². The normalized spacial score (nSPS) is 31.2. The Morgan fingerprint density at radius 1 is 1.14 bits per heavy atom. The summed E-state index contributed by atoms with van der Waals surface area (Å²) in [5, 5.41) is 12.5. The Morgan fingerprint density at radius 3 is 2.71 bits per heavy atom. The van der Waals surface area contributed by atoms with Gasteiger partial charge in [0.05, 0.1) is 12.0 Å². The number of carbonyl (C=O) groups is 1. The number of hydrogen-bond donors (Lipinski definition) is 2. The average molecular weight is 479 g/mol. The van der Waals surface area contributed by atoms with Gasteiger partial charge in [0.1, 0.15) is 5.76 Å². The van der Waals surface area contributed by atoms with E-state index in [9.17, 15) is 9.90 Å². The monoisotopic (exact) mass is 478 g/mol. The van der Waals surface area contributed by atoms with Crippen molar-refractivity contribution in [3.8, 4) is 0 Å². The first-order chi connectivity index (χ1) is 17.1. The molecule has 3 heterocycles. The summed E-state index contributed by atoms with van der Waals surface area (Å²) in [6.07, 6.45) is 22.4. The van der Waals surface area contributed by atoms with Crippen molar-refractivity contribution in [2.45, 2.75) is 75.9 Å². The first kappa shape index (κ1) is 24.5. The summed E-state index contributed by atoms with van der Waals surface area (Å²) in [5.74, 6) is 0.396. The zero-order valence-electron chi connectivity index (χ0n) is 21.1. The molecule has 1 amide bonds. The van der Waals surface area contributed by atoms with Gasteiger partial charge < -0.3 is 5.11 Å². The van der Waals surface area contributed by atoms with Gasteiger partial charge in [-0.15, -0.1) is 6.58 Å². The highest BCUT2D eigenvalue weighted by atomic mass is 16.3. The molecule has 2 bridgehead atoms. The van der Waals surface area contributed by atoms with E-state index in [4.69, 9.17) is 0 Å². The molecule has 0 aromatic rings. The number of piperidine rings is 1. The van der Waals surface area contributed by atoms with E-state index >= 15 is 0 Å². The quantitative estimate of drug-likeness (QED) is 0.536. The minimum Gasteiger partial charge on any atom is -0.508 e. The number of allylic oxidation sites excluding steroid dienone is 3. The molecule has 0 saturated carbocycles. The molecule has 2 aliphatic carbocycles. The number of likely N-dealkylation sites (tertiary alicyclic amines) is 1. The predicted molar refractivity (Wildman–Crippen MR) is 141 cm³/mol. The molecule has 3 saturated heterocycles. The summed E-state index contributed by atoms with van der Waals surface area (Å²) < 4.78 is 0. The maximum atomic E-state index is 12.9. The van der Waals surface area contributed by atoms with Crippen molar-refractivity contribution < 1.29 is 9.90 Å². The molecule has 4 atom stereocenters. The van der Waals surface area contributed by atoms with Crippen LogP contribution in [0.1, 0.15) is 57.8 Å². The molecule has 35 heavy (non-hydrogen) atoms. The van der Waals surface area contributed by atoms with Gasteiger partial charge in [-0.05, 0) is 74.7 Å². The van der Waals surface area contributed by atoms with Gasteiger partial charge in [0.2, 0.25) is 5.91 Å². The van der Waals surface area contributed by atoms with Crippen molar-refractivity contribution in [2.24, 2.45) is 5.92 Å². The largest absolute Gasteiger partial charge is 0.508 e. The van der Waals surface area contributed by atoms with Crippen LogP contribution in [0.4, 0.5) is 0 Å². The van der Waals surface area contributed by atoms with Gasteiger partial charge in [0.25, 0.3) is 0 Å². The lowest BCUT2D eigenvalue weighted by atomic mass is 9.85. The van der Waals surface area contributed by atoms with Crippen LogP contribution >= 0.6 is 0 Å². The second-order valence-electron chi connectivity index (χ2n) is 10.9. The van der Waals surface area contributed by atoms with Crippen LogP contribution in [0.3, 0.4) is 0 Å². The lowest BCUT2D eigenvalue weighted by Gasteiger charge is -2.40. The molecule has 5 aliphatic rings. The summed E-state index contributed by atoms with van der Waals surface area (Å²) in [6.45, 7) is 9.02. The molecule has 6 nitrogen and oxygen atoms in total. The fourth-order valence-electron chi connectivity index (χ4n) is 6.73. The van der Waals surface area contributed by atoms with E-state index in [0.717, 1.165) is 64.8 Å². The minimum absolute atomic E-state index is 0.112. The van der Waals surface area contributed by atoms with Gasteiger partial charge in [-0.1, -0.05) is 30.7 Å². The highest BCUT2D eigenvalue weighted by Gasteiger charge is 2.43. The van der Waals surface area contributed by atoms with E-state index in [1.807, 2.05) is 18.2 Å². The molecular weight excluding hydrogens is 436 g/mol. The fraction of sp³-hybridized carbons (Fsp3) is 0.621. The Labute approximate surface area is 210 Å². The zero-order chi connectivity index (χ0) is 24.2. The summed E-state index contributed by atoms with van der Waals surface area (Å²) in [5.41, 5.74) is 5.76. The SMILES string of the molecule is C=CCN1CCC2CCC(C1)N2C(C1=CCC(C(=O)NN2CCCCC2)C=C1)C1=CC(O)=CCC1. The first-order valence-electron chi connectivity index (χ1n) is 13.8. The number of aliphatic hydroxyl groups excluding tert-OH is 1. The number of fused-ring (bicyclic) bond motifs is 2. The van der Waals surface area contributed by atoms with E-state index in [0.29, 0.717) is 17.8 Å². The molecular formula is C29H42N4O2. The van der Waals surface area contributed by atoms with E-state index in [1.54, 1.807) is 0 Å². The van der Waals surface area contributed by atoms with Gasteiger partial charge in [0, 0.05) is 44.8 Å². The summed E-state index contributed by atoms with van der Waals surface area (Å²) in [4.78, 5) is 18.2. The van der Waals surface area contributed by atoms with Gasteiger partial charge in [-0.2, -0.15) is 0 Å². The van der Waals surface area contributed by atoms with Crippen LogP contribution in [0.25, 0.3) is 0 Å². The standard InChI is InChI=1S/C29H42N4O2/c1-2-16-31-19-15-25-13-14-26(21-31)33(25)28(24-7-6-8-27(34)20-24)22-9-11-23(12-10-22)29(35)30-32-17-4-3-5-18-32/h2,8-11,20,23,25-26,28,34H,1,3-7,12-19,21H2,(H,30,35).